The number of aliphatic imine (C=N–C) groups is 1. The number of nitrogens with zero attached hydrogens (tertiary/aromatic N) is 2. The smallest absolute Gasteiger partial charge is 0.404 e. The maximum Gasteiger partial charge on any atom is 0.458 e. The van der Waals surface area contributed by atoms with Crippen molar-refractivity contribution < 1.29 is 39.5 Å². The van der Waals surface area contributed by atoms with Crippen LogP contribution in [0.5, 0.6) is 0 Å². The molecular weight excluding hydrogens is 443 g/mol. The third kappa shape index (κ3) is 4.70. The lowest BCUT2D eigenvalue weighted by atomic mass is 10.0. The van der Waals surface area contributed by atoms with Gasteiger partial charge in [0, 0.05) is 43.3 Å². The molecule has 0 atom stereocenters. The van der Waals surface area contributed by atoms with Crippen molar-refractivity contribution in [2.24, 2.45) is 23.5 Å². The zero-order chi connectivity index (χ0) is 23.8. The number of benzene rings is 1. The normalized spacial score (nSPS) is 14.0. The molecule has 0 aliphatic rings. The lowest BCUT2D eigenvalue weighted by molar-refractivity contribution is -0.290. The molecule has 0 bridgehead atoms. The Kier molecular flexibility index (Phi) is 6.50. The Balaban J connectivity index is 2.62. The molecule has 0 amide bonds. The van der Waals surface area contributed by atoms with Crippen LogP contribution in [0.2, 0.25) is 0 Å². The van der Waals surface area contributed by atoms with E-state index in [1.807, 2.05) is 0 Å². The van der Waals surface area contributed by atoms with Crippen LogP contribution < -0.4 is 11.5 Å². The highest BCUT2D eigenvalue weighted by Crippen LogP contribution is 2.51. The van der Waals surface area contributed by atoms with E-state index in [0.29, 0.717) is 4.57 Å². The first-order valence-electron chi connectivity index (χ1n) is 8.31. The Labute approximate surface area is 169 Å². The molecule has 0 fully saturated rings. The second-order valence-electron chi connectivity index (χ2n) is 6.31. The van der Waals surface area contributed by atoms with Gasteiger partial charge in [0.15, 0.2) is 0 Å². The third-order valence-electron chi connectivity index (χ3n) is 4.23. The number of aryl methyl sites for hydroxylation is 1. The minimum atomic E-state index is -6.26. The first-order valence-corrected chi connectivity index (χ1v) is 8.31. The number of aromatic nitrogens is 1. The highest BCUT2D eigenvalue weighted by molar-refractivity contribution is 6.10. The molecule has 1 heterocycles. The number of halogens is 9. The molecule has 2 rings (SSSR count). The molecule has 4 N–H and O–H groups in total. The number of hydrogen-bond donors (Lipinski definition) is 2. The molecule has 0 aliphatic carbocycles. The van der Waals surface area contributed by atoms with Crippen LogP contribution in [0.4, 0.5) is 45.3 Å². The van der Waals surface area contributed by atoms with Gasteiger partial charge in [-0.25, -0.2) is 9.38 Å². The second kappa shape index (κ2) is 8.29. The zero-order valence-corrected chi connectivity index (χ0v) is 15.6. The number of rotatable bonds is 5. The van der Waals surface area contributed by atoms with Crippen LogP contribution in [0.25, 0.3) is 5.57 Å². The van der Waals surface area contributed by atoms with Gasteiger partial charge in [-0.2, -0.15) is 35.1 Å². The van der Waals surface area contributed by atoms with Crippen molar-refractivity contribution in [3.8, 4) is 0 Å². The molecule has 4 nitrogen and oxygen atoms in total. The van der Waals surface area contributed by atoms with E-state index in [0.717, 1.165) is 25.5 Å². The number of allylic oxidation sites excluding steroid dienone is 1. The molecule has 0 aliphatic heterocycles. The fourth-order valence-corrected chi connectivity index (χ4v) is 2.70. The van der Waals surface area contributed by atoms with E-state index in [-0.39, 0.29) is 29.4 Å². The summed E-state index contributed by atoms with van der Waals surface area (Å²) in [5, 5.41) is 0. The summed E-state index contributed by atoms with van der Waals surface area (Å²) < 4.78 is 120. The summed E-state index contributed by atoms with van der Waals surface area (Å²) in [7, 11) is 0.828. The van der Waals surface area contributed by atoms with E-state index >= 15 is 0 Å². The Hall–Kier alpha value is -2.96. The van der Waals surface area contributed by atoms with Gasteiger partial charge in [0.25, 0.3) is 0 Å². The quantitative estimate of drug-likeness (QED) is 0.489. The van der Waals surface area contributed by atoms with Gasteiger partial charge in [0.2, 0.25) is 0 Å². The van der Waals surface area contributed by atoms with Crippen molar-refractivity contribution >= 4 is 17.6 Å². The van der Waals surface area contributed by atoms with Crippen molar-refractivity contribution in [3.63, 3.8) is 0 Å². The minimum Gasteiger partial charge on any atom is -0.404 e. The fourth-order valence-electron chi connectivity index (χ4n) is 2.70. The standard InChI is InChI=1S/C18H15F9N4/c1-31-8-12(16(20,21)18(25,26)27)14(17(22,23)24)15(31)30-7-11(6-29)9-2-3-13(19)10(4-9)5-28/h2-4,6-8H,5,28-29H2,1H3. The number of hydrogen-bond acceptors (Lipinski definition) is 3. The van der Waals surface area contributed by atoms with Crippen LogP contribution in [-0.4, -0.2) is 17.0 Å². The topological polar surface area (TPSA) is 69.3 Å². The Bertz CT molecular complexity index is 1010. The van der Waals surface area contributed by atoms with Gasteiger partial charge in [-0.3, -0.25) is 0 Å². The van der Waals surface area contributed by atoms with E-state index in [1.165, 1.54) is 12.1 Å². The lowest BCUT2D eigenvalue weighted by Crippen LogP contribution is -2.35. The molecule has 2 aromatic rings. The van der Waals surface area contributed by atoms with E-state index in [9.17, 15) is 39.5 Å². The summed E-state index contributed by atoms with van der Waals surface area (Å²) in [4.78, 5) is 3.46. The molecule has 0 spiro atoms. The second-order valence-corrected chi connectivity index (χ2v) is 6.31. The summed E-state index contributed by atoms with van der Waals surface area (Å²) in [6.45, 7) is -0.208. The van der Waals surface area contributed by atoms with Crippen molar-refractivity contribution in [1.29, 1.82) is 0 Å². The highest BCUT2D eigenvalue weighted by atomic mass is 19.4. The summed E-state index contributed by atoms with van der Waals surface area (Å²) in [5.41, 5.74) is 6.43. The van der Waals surface area contributed by atoms with Crippen LogP contribution in [0.1, 0.15) is 22.3 Å². The fraction of sp³-hybridized carbons (Fsp3) is 0.278. The van der Waals surface area contributed by atoms with Crippen molar-refractivity contribution in [1.82, 2.24) is 4.57 Å². The maximum absolute atomic E-state index is 13.7. The molecule has 31 heavy (non-hydrogen) atoms. The molecule has 1 aromatic carbocycles. The highest BCUT2D eigenvalue weighted by Gasteiger charge is 2.62. The van der Waals surface area contributed by atoms with E-state index in [2.05, 4.69) is 4.99 Å². The summed E-state index contributed by atoms with van der Waals surface area (Å²) in [6, 6.07) is 3.46. The Morgan fingerprint density at radius 2 is 1.71 bits per heavy atom. The predicted molar refractivity (Wildman–Crippen MR) is 95.0 cm³/mol. The molecular formula is C18H15F9N4. The lowest BCUT2D eigenvalue weighted by Gasteiger charge is -2.20. The maximum atomic E-state index is 13.7. The molecule has 0 radical (unpaired) electrons. The summed E-state index contributed by atoms with van der Waals surface area (Å²) >= 11 is 0. The van der Waals surface area contributed by atoms with Crippen LogP contribution in [0.3, 0.4) is 0 Å². The van der Waals surface area contributed by atoms with E-state index in [1.54, 1.807) is 0 Å². The Morgan fingerprint density at radius 1 is 1.10 bits per heavy atom. The average Bonchev–Trinajstić information content (AvgIpc) is 3.00. The average molecular weight is 458 g/mol. The molecule has 1 aromatic heterocycles. The number of nitrogens with two attached hydrogens (primary N) is 2. The van der Waals surface area contributed by atoms with Gasteiger partial charge in [-0.1, -0.05) is 6.07 Å². The molecule has 13 heteroatoms. The molecule has 170 valence electrons. The first-order chi connectivity index (χ1) is 14.1. The van der Waals surface area contributed by atoms with Gasteiger partial charge < -0.3 is 16.0 Å². The molecule has 0 saturated heterocycles. The van der Waals surface area contributed by atoms with Crippen molar-refractivity contribution in [3.05, 3.63) is 58.7 Å². The summed E-state index contributed by atoms with van der Waals surface area (Å²) in [5.74, 6) is -7.63. The van der Waals surface area contributed by atoms with Gasteiger partial charge in [0.1, 0.15) is 17.2 Å². The van der Waals surface area contributed by atoms with E-state index < -0.39 is 41.0 Å². The SMILES string of the molecule is Cn1cc(C(F)(F)C(F)(F)F)c(C(F)(F)F)c1N=CC(=CN)c1ccc(F)c(CN)c1. The third-order valence-corrected chi connectivity index (χ3v) is 4.23. The van der Waals surface area contributed by atoms with Crippen LogP contribution in [0, 0.1) is 5.82 Å². The minimum absolute atomic E-state index is 0.0131. The molecule has 0 unspecified atom stereocenters. The Morgan fingerprint density at radius 3 is 2.19 bits per heavy atom. The molecule has 0 saturated carbocycles. The van der Waals surface area contributed by atoms with Gasteiger partial charge in [-0.05, 0) is 17.7 Å². The van der Waals surface area contributed by atoms with Gasteiger partial charge >= 0.3 is 18.3 Å². The zero-order valence-electron chi connectivity index (χ0n) is 15.6. The van der Waals surface area contributed by atoms with Crippen molar-refractivity contribution in [2.45, 2.75) is 24.8 Å². The van der Waals surface area contributed by atoms with Gasteiger partial charge in [-0.15, -0.1) is 0 Å². The van der Waals surface area contributed by atoms with Crippen molar-refractivity contribution in [2.75, 3.05) is 0 Å². The van der Waals surface area contributed by atoms with Crippen LogP contribution in [-0.2, 0) is 25.7 Å². The monoisotopic (exact) mass is 458 g/mol. The van der Waals surface area contributed by atoms with Crippen LogP contribution in [0.15, 0.2) is 35.6 Å². The first kappa shape index (κ1) is 24.3. The summed E-state index contributed by atoms with van der Waals surface area (Å²) in [6.07, 6.45) is -10.2. The van der Waals surface area contributed by atoms with E-state index in [4.69, 9.17) is 11.5 Å². The van der Waals surface area contributed by atoms with Gasteiger partial charge in [0.05, 0.1) is 5.56 Å². The number of alkyl halides is 8. The predicted octanol–water partition coefficient (Wildman–Crippen LogP) is 5.00. The van der Waals surface area contributed by atoms with Crippen LogP contribution >= 0.6 is 0 Å². The largest absolute Gasteiger partial charge is 0.458 e.